The molecule has 0 saturated carbocycles. The molecule has 0 radical (unpaired) electrons. The summed E-state index contributed by atoms with van der Waals surface area (Å²) < 4.78 is 1.88. The first-order valence-electron chi connectivity index (χ1n) is 5.93. The lowest BCUT2D eigenvalue weighted by Crippen LogP contribution is -2.13. The van der Waals surface area contributed by atoms with Crippen LogP contribution in [0, 0.1) is 6.92 Å². The van der Waals surface area contributed by atoms with Crippen LogP contribution in [0.25, 0.3) is 0 Å². The second-order valence-electron chi connectivity index (χ2n) is 4.50. The molecule has 0 saturated heterocycles. The van der Waals surface area contributed by atoms with Crippen molar-refractivity contribution >= 4 is 11.5 Å². The van der Waals surface area contributed by atoms with Gasteiger partial charge in [-0.15, -0.1) is 0 Å². The molecule has 2 heterocycles. The van der Waals surface area contributed by atoms with Crippen molar-refractivity contribution in [3.05, 3.63) is 35.8 Å². The first kappa shape index (κ1) is 12.4. The monoisotopic (exact) mass is 245 g/mol. The van der Waals surface area contributed by atoms with Crippen molar-refractivity contribution in [3.8, 4) is 0 Å². The van der Waals surface area contributed by atoms with E-state index in [1.807, 2.05) is 49.1 Å². The van der Waals surface area contributed by atoms with E-state index in [4.69, 9.17) is 0 Å². The summed E-state index contributed by atoms with van der Waals surface area (Å²) in [6, 6.07) is 3.97. The molecule has 18 heavy (non-hydrogen) atoms. The van der Waals surface area contributed by atoms with Crippen LogP contribution >= 0.6 is 0 Å². The molecule has 5 nitrogen and oxygen atoms in total. The van der Waals surface area contributed by atoms with E-state index in [0.717, 1.165) is 18.1 Å². The molecular weight excluding hydrogens is 226 g/mol. The van der Waals surface area contributed by atoms with Gasteiger partial charge in [0.05, 0.1) is 11.9 Å². The summed E-state index contributed by atoms with van der Waals surface area (Å²) in [5.74, 6) is 0.944. The van der Waals surface area contributed by atoms with Crippen LogP contribution in [0.15, 0.2) is 24.5 Å². The molecule has 5 heteroatoms. The van der Waals surface area contributed by atoms with Gasteiger partial charge in [0.2, 0.25) is 0 Å². The van der Waals surface area contributed by atoms with Gasteiger partial charge in [0.25, 0.3) is 0 Å². The van der Waals surface area contributed by atoms with Crippen molar-refractivity contribution in [1.82, 2.24) is 14.8 Å². The standard InChI is InChI=1S/C13H19N5/c1-10-11(9-16-18(10)4)8-15-12-6-5-7-14-13(12)17(2)3/h5-7,9,15H,8H2,1-4H3. The Labute approximate surface area is 107 Å². The SMILES string of the molecule is Cc1c(CNc2cccnc2N(C)C)cnn1C. The number of nitrogens with one attached hydrogen (secondary N) is 1. The average molecular weight is 245 g/mol. The van der Waals surface area contributed by atoms with Gasteiger partial charge < -0.3 is 10.2 Å². The zero-order valence-electron chi connectivity index (χ0n) is 11.3. The van der Waals surface area contributed by atoms with Crippen LogP contribution in [-0.4, -0.2) is 28.9 Å². The normalized spacial score (nSPS) is 10.4. The summed E-state index contributed by atoms with van der Waals surface area (Å²) in [5, 5.41) is 7.64. The van der Waals surface area contributed by atoms with Crippen LogP contribution in [-0.2, 0) is 13.6 Å². The molecule has 0 unspecified atom stereocenters. The Hall–Kier alpha value is -2.04. The third kappa shape index (κ3) is 2.45. The predicted octanol–water partition coefficient (Wildman–Crippen LogP) is 1.80. The number of hydrogen-bond acceptors (Lipinski definition) is 4. The predicted molar refractivity (Wildman–Crippen MR) is 73.8 cm³/mol. The highest BCUT2D eigenvalue weighted by Crippen LogP contribution is 2.21. The van der Waals surface area contributed by atoms with E-state index in [-0.39, 0.29) is 0 Å². The van der Waals surface area contributed by atoms with Crippen LogP contribution in [0.3, 0.4) is 0 Å². The topological polar surface area (TPSA) is 46.0 Å². The highest BCUT2D eigenvalue weighted by atomic mass is 15.3. The third-order valence-electron chi connectivity index (χ3n) is 3.02. The molecular formula is C13H19N5. The highest BCUT2D eigenvalue weighted by Gasteiger charge is 2.07. The average Bonchev–Trinajstić information content (AvgIpc) is 2.68. The van der Waals surface area contributed by atoms with E-state index in [1.165, 1.54) is 11.3 Å². The van der Waals surface area contributed by atoms with E-state index in [0.29, 0.717) is 0 Å². The Morgan fingerprint density at radius 2 is 2.17 bits per heavy atom. The summed E-state index contributed by atoms with van der Waals surface area (Å²) >= 11 is 0. The fourth-order valence-electron chi connectivity index (χ4n) is 1.80. The zero-order valence-corrected chi connectivity index (χ0v) is 11.3. The summed E-state index contributed by atoms with van der Waals surface area (Å²) in [5.41, 5.74) is 3.41. The lowest BCUT2D eigenvalue weighted by Gasteiger charge is -2.16. The molecule has 0 aromatic carbocycles. The minimum Gasteiger partial charge on any atom is -0.378 e. The van der Waals surface area contributed by atoms with Crippen molar-refractivity contribution < 1.29 is 0 Å². The zero-order chi connectivity index (χ0) is 13.1. The summed E-state index contributed by atoms with van der Waals surface area (Å²) in [4.78, 5) is 6.36. The lowest BCUT2D eigenvalue weighted by molar-refractivity contribution is 0.738. The molecule has 2 aromatic heterocycles. The molecule has 0 bridgehead atoms. The molecule has 2 aromatic rings. The second-order valence-corrected chi connectivity index (χ2v) is 4.50. The molecule has 0 amide bonds. The summed E-state index contributed by atoms with van der Waals surface area (Å²) in [7, 11) is 5.93. The lowest BCUT2D eigenvalue weighted by atomic mass is 10.2. The van der Waals surface area contributed by atoms with Crippen LogP contribution in [0.2, 0.25) is 0 Å². The Bertz CT molecular complexity index is 530. The van der Waals surface area contributed by atoms with E-state index >= 15 is 0 Å². The van der Waals surface area contributed by atoms with Gasteiger partial charge in [-0.2, -0.15) is 5.10 Å². The Morgan fingerprint density at radius 3 is 2.78 bits per heavy atom. The maximum absolute atomic E-state index is 4.36. The van der Waals surface area contributed by atoms with E-state index < -0.39 is 0 Å². The number of pyridine rings is 1. The van der Waals surface area contributed by atoms with Crippen LogP contribution in [0.1, 0.15) is 11.3 Å². The van der Waals surface area contributed by atoms with Crippen molar-refractivity contribution in [3.63, 3.8) is 0 Å². The van der Waals surface area contributed by atoms with Gasteiger partial charge in [0.1, 0.15) is 0 Å². The molecule has 2 rings (SSSR count). The fourth-order valence-corrected chi connectivity index (χ4v) is 1.80. The number of hydrogen-bond donors (Lipinski definition) is 1. The van der Waals surface area contributed by atoms with Gasteiger partial charge in [0.15, 0.2) is 5.82 Å². The Morgan fingerprint density at radius 1 is 1.39 bits per heavy atom. The summed E-state index contributed by atoms with van der Waals surface area (Å²) in [6.45, 7) is 2.83. The van der Waals surface area contributed by atoms with E-state index in [2.05, 4.69) is 22.3 Å². The van der Waals surface area contributed by atoms with Gasteiger partial charge in [-0.3, -0.25) is 4.68 Å². The van der Waals surface area contributed by atoms with Gasteiger partial charge in [0, 0.05) is 45.1 Å². The third-order valence-corrected chi connectivity index (χ3v) is 3.02. The largest absolute Gasteiger partial charge is 0.378 e. The minimum absolute atomic E-state index is 0.756. The van der Waals surface area contributed by atoms with Gasteiger partial charge >= 0.3 is 0 Å². The van der Waals surface area contributed by atoms with E-state index in [1.54, 1.807) is 6.20 Å². The van der Waals surface area contributed by atoms with Crippen molar-refractivity contribution in [2.24, 2.45) is 7.05 Å². The van der Waals surface area contributed by atoms with Crippen LogP contribution in [0.4, 0.5) is 11.5 Å². The number of nitrogens with zero attached hydrogens (tertiary/aromatic N) is 4. The fraction of sp³-hybridized carbons (Fsp3) is 0.385. The molecule has 96 valence electrons. The summed E-state index contributed by atoms with van der Waals surface area (Å²) in [6.07, 6.45) is 3.70. The first-order chi connectivity index (χ1) is 8.59. The van der Waals surface area contributed by atoms with Gasteiger partial charge in [-0.1, -0.05) is 0 Å². The van der Waals surface area contributed by atoms with Crippen molar-refractivity contribution in [1.29, 1.82) is 0 Å². The Kier molecular flexibility index (Phi) is 3.50. The molecule has 1 N–H and O–H groups in total. The van der Waals surface area contributed by atoms with Crippen molar-refractivity contribution in [2.75, 3.05) is 24.3 Å². The van der Waals surface area contributed by atoms with E-state index in [9.17, 15) is 0 Å². The molecule has 0 aliphatic carbocycles. The molecule has 0 fully saturated rings. The Balaban J connectivity index is 2.13. The number of rotatable bonds is 4. The maximum Gasteiger partial charge on any atom is 0.151 e. The van der Waals surface area contributed by atoms with Gasteiger partial charge in [-0.05, 0) is 19.1 Å². The second kappa shape index (κ2) is 5.08. The highest BCUT2D eigenvalue weighted by molar-refractivity contribution is 5.64. The first-order valence-corrected chi connectivity index (χ1v) is 5.93. The molecule has 0 atom stereocenters. The van der Waals surface area contributed by atoms with Crippen LogP contribution in [0.5, 0.6) is 0 Å². The maximum atomic E-state index is 4.36. The van der Waals surface area contributed by atoms with Crippen molar-refractivity contribution in [2.45, 2.75) is 13.5 Å². The number of anilines is 2. The van der Waals surface area contributed by atoms with Crippen LogP contribution < -0.4 is 10.2 Å². The smallest absolute Gasteiger partial charge is 0.151 e. The molecule has 0 aliphatic heterocycles. The number of aryl methyl sites for hydroxylation is 1. The number of aromatic nitrogens is 3. The quantitative estimate of drug-likeness (QED) is 0.892. The molecule has 0 spiro atoms. The minimum atomic E-state index is 0.756. The molecule has 0 aliphatic rings. The van der Waals surface area contributed by atoms with Gasteiger partial charge in [-0.25, -0.2) is 4.98 Å².